The van der Waals surface area contributed by atoms with E-state index in [0.717, 1.165) is 6.42 Å². The Morgan fingerprint density at radius 2 is 2.29 bits per heavy atom. The predicted molar refractivity (Wildman–Crippen MR) is 83.7 cm³/mol. The summed E-state index contributed by atoms with van der Waals surface area (Å²) in [7, 11) is 0. The van der Waals surface area contributed by atoms with Crippen molar-refractivity contribution in [2.24, 2.45) is 5.41 Å². The Kier molecular flexibility index (Phi) is 5.93. The van der Waals surface area contributed by atoms with Crippen LogP contribution in [0.5, 0.6) is 5.88 Å². The Balaban J connectivity index is 1.84. The highest BCUT2D eigenvalue weighted by atomic mass is 19.3. The average Bonchev–Trinajstić information content (AvgIpc) is 2.48. The maximum absolute atomic E-state index is 12.2. The summed E-state index contributed by atoms with van der Waals surface area (Å²) in [5.74, 6) is -0.200. The van der Waals surface area contributed by atoms with Gasteiger partial charge in [-0.05, 0) is 36.3 Å². The fourth-order valence-corrected chi connectivity index (χ4v) is 2.84. The van der Waals surface area contributed by atoms with Crippen molar-refractivity contribution in [3.63, 3.8) is 0 Å². The molecule has 1 aromatic rings. The van der Waals surface area contributed by atoms with Crippen molar-refractivity contribution in [2.75, 3.05) is 0 Å². The van der Waals surface area contributed by atoms with Gasteiger partial charge in [0.25, 0.3) is 0 Å². The van der Waals surface area contributed by atoms with Gasteiger partial charge in [0.05, 0.1) is 12.1 Å². The summed E-state index contributed by atoms with van der Waals surface area (Å²) < 4.78 is 28.5. The zero-order chi connectivity index (χ0) is 17.7. The van der Waals surface area contributed by atoms with Gasteiger partial charge in [0.1, 0.15) is 0 Å². The normalized spacial score (nSPS) is 22.9. The number of rotatable bonds is 5. The number of pyridine rings is 1. The maximum Gasteiger partial charge on any atom is 0.388 e. The highest BCUT2D eigenvalue weighted by Crippen LogP contribution is 2.35. The lowest BCUT2D eigenvalue weighted by Gasteiger charge is -2.38. The Morgan fingerprint density at radius 1 is 1.54 bits per heavy atom. The molecule has 0 radical (unpaired) electrons. The van der Waals surface area contributed by atoms with Gasteiger partial charge in [-0.15, -0.1) is 0 Å². The molecule has 0 bridgehead atoms. The molecule has 2 rings (SSSR count). The van der Waals surface area contributed by atoms with E-state index in [1.54, 1.807) is 6.07 Å². The molecule has 1 saturated carbocycles. The fraction of sp³-hybridized carbons (Fsp3) is 0.625. The van der Waals surface area contributed by atoms with Crippen LogP contribution >= 0.6 is 0 Å². The molecule has 0 aromatic carbocycles. The van der Waals surface area contributed by atoms with E-state index in [1.807, 2.05) is 0 Å². The molecular formula is C16H23F2N3O3. The first-order valence-corrected chi connectivity index (χ1v) is 7.87. The molecule has 1 fully saturated rings. The number of aromatic nitrogens is 1. The largest absolute Gasteiger partial charge is 0.417 e. The van der Waals surface area contributed by atoms with Crippen LogP contribution in [0.2, 0.25) is 0 Å². The number of hydrogen-bond donors (Lipinski definition) is 3. The number of amides is 2. The number of urea groups is 1. The second kappa shape index (κ2) is 7.74. The van der Waals surface area contributed by atoms with Crippen molar-refractivity contribution < 1.29 is 23.4 Å². The van der Waals surface area contributed by atoms with Crippen LogP contribution in [0.25, 0.3) is 0 Å². The van der Waals surface area contributed by atoms with E-state index in [0.29, 0.717) is 18.4 Å². The molecule has 1 aromatic heterocycles. The van der Waals surface area contributed by atoms with E-state index in [-0.39, 0.29) is 23.9 Å². The van der Waals surface area contributed by atoms with Gasteiger partial charge in [-0.3, -0.25) is 0 Å². The van der Waals surface area contributed by atoms with Crippen molar-refractivity contribution >= 4 is 6.03 Å². The molecule has 3 N–H and O–H groups in total. The molecule has 24 heavy (non-hydrogen) atoms. The minimum absolute atomic E-state index is 0.0732. The summed E-state index contributed by atoms with van der Waals surface area (Å²) >= 11 is 0. The summed E-state index contributed by atoms with van der Waals surface area (Å²) in [4.78, 5) is 15.7. The van der Waals surface area contributed by atoms with Gasteiger partial charge in [0, 0.05) is 18.8 Å². The van der Waals surface area contributed by atoms with E-state index in [2.05, 4.69) is 34.2 Å². The molecule has 1 aliphatic rings. The predicted octanol–water partition coefficient (Wildman–Crippen LogP) is 2.42. The highest BCUT2D eigenvalue weighted by Gasteiger charge is 2.34. The number of aliphatic hydroxyl groups excluding tert-OH is 1. The molecule has 0 aliphatic heterocycles. The fourth-order valence-electron chi connectivity index (χ4n) is 2.84. The third-order valence-corrected chi connectivity index (χ3v) is 4.13. The maximum atomic E-state index is 12.2. The number of nitrogens with one attached hydrogen (secondary N) is 2. The number of ether oxygens (including phenoxy) is 1. The van der Waals surface area contributed by atoms with Gasteiger partial charge in [-0.1, -0.05) is 13.8 Å². The lowest BCUT2D eigenvalue weighted by molar-refractivity contribution is -0.0529. The first kappa shape index (κ1) is 18.4. The third kappa shape index (κ3) is 5.59. The monoisotopic (exact) mass is 343 g/mol. The molecule has 1 aliphatic carbocycles. The Labute approximate surface area is 139 Å². The van der Waals surface area contributed by atoms with E-state index in [9.17, 15) is 18.7 Å². The zero-order valence-electron chi connectivity index (χ0n) is 13.8. The van der Waals surface area contributed by atoms with Crippen LogP contribution in [0.3, 0.4) is 0 Å². The summed E-state index contributed by atoms with van der Waals surface area (Å²) in [5, 5.41) is 15.4. The van der Waals surface area contributed by atoms with Gasteiger partial charge in [0.15, 0.2) is 0 Å². The molecule has 2 atom stereocenters. The summed E-state index contributed by atoms with van der Waals surface area (Å²) in [6, 6.07) is 2.22. The van der Waals surface area contributed by atoms with E-state index in [1.165, 1.54) is 12.3 Å². The number of aliphatic hydroxyl groups is 1. The minimum Gasteiger partial charge on any atom is -0.417 e. The Bertz CT molecular complexity index is 569. The van der Waals surface area contributed by atoms with Crippen LogP contribution in [0.4, 0.5) is 13.6 Å². The van der Waals surface area contributed by atoms with Crippen LogP contribution in [0.1, 0.15) is 38.7 Å². The zero-order valence-corrected chi connectivity index (χ0v) is 13.8. The number of alkyl halides is 2. The smallest absolute Gasteiger partial charge is 0.388 e. The molecule has 0 saturated heterocycles. The standard InChI is InChI=1S/C16H23F2N3O3/c1-16(2)5-3-12(22)11(8-16)21-15(23)20-9-10-4-6-19-13(7-10)24-14(17)18/h4,6-7,11-12,14,22H,3,5,8-9H2,1-2H3,(H2,20,21,23). The van der Waals surface area contributed by atoms with Crippen LogP contribution in [-0.4, -0.2) is 34.9 Å². The van der Waals surface area contributed by atoms with Crippen LogP contribution in [-0.2, 0) is 6.54 Å². The summed E-state index contributed by atoms with van der Waals surface area (Å²) in [5.41, 5.74) is 0.657. The minimum atomic E-state index is -2.94. The van der Waals surface area contributed by atoms with E-state index in [4.69, 9.17) is 0 Å². The van der Waals surface area contributed by atoms with Crippen molar-refractivity contribution in [2.45, 2.75) is 58.4 Å². The van der Waals surface area contributed by atoms with Crippen molar-refractivity contribution in [3.8, 4) is 5.88 Å². The van der Waals surface area contributed by atoms with Crippen LogP contribution in [0.15, 0.2) is 18.3 Å². The van der Waals surface area contributed by atoms with Gasteiger partial charge in [0.2, 0.25) is 5.88 Å². The first-order chi connectivity index (χ1) is 11.2. The lowest BCUT2D eigenvalue weighted by Crippen LogP contribution is -2.51. The van der Waals surface area contributed by atoms with Gasteiger partial charge < -0.3 is 20.5 Å². The summed E-state index contributed by atoms with van der Waals surface area (Å²) in [6.45, 7) is 1.40. The first-order valence-electron chi connectivity index (χ1n) is 7.87. The molecule has 8 heteroatoms. The lowest BCUT2D eigenvalue weighted by atomic mass is 9.74. The third-order valence-electron chi connectivity index (χ3n) is 4.13. The number of halogens is 2. The van der Waals surface area contributed by atoms with Gasteiger partial charge >= 0.3 is 12.6 Å². The van der Waals surface area contributed by atoms with E-state index < -0.39 is 18.7 Å². The number of hydrogen-bond acceptors (Lipinski definition) is 4. The number of nitrogens with zero attached hydrogens (tertiary/aromatic N) is 1. The number of carbonyl (C=O) groups is 1. The van der Waals surface area contributed by atoms with Crippen molar-refractivity contribution in [1.29, 1.82) is 0 Å². The molecular weight excluding hydrogens is 320 g/mol. The molecule has 6 nitrogen and oxygen atoms in total. The second-order valence-electron chi connectivity index (χ2n) is 6.79. The van der Waals surface area contributed by atoms with Crippen LogP contribution < -0.4 is 15.4 Å². The van der Waals surface area contributed by atoms with Crippen molar-refractivity contribution in [1.82, 2.24) is 15.6 Å². The second-order valence-corrected chi connectivity index (χ2v) is 6.79. The Hall–Kier alpha value is -1.96. The molecule has 134 valence electrons. The number of carbonyl (C=O) groups excluding carboxylic acids is 1. The SMILES string of the molecule is CC1(C)CCC(O)C(NC(=O)NCc2ccnc(OC(F)F)c2)C1. The van der Waals surface area contributed by atoms with Crippen molar-refractivity contribution in [3.05, 3.63) is 23.9 Å². The summed E-state index contributed by atoms with van der Waals surface area (Å²) in [6.07, 6.45) is 3.04. The molecule has 2 amide bonds. The Morgan fingerprint density at radius 3 is 3.00 bits per heavy atom. The van der Waals surface area contributed by atoms with E-state index >= 15 is 0 Å². The highest BCUT2D eigenvalue weighted by molar-refractivity contribution is 5.74. The molecule has 0 spiro atoms. The average molecular weight is 343 g/mol. The molecule has 2 unspecified atom stereocenters. The van der Waals surface area contributed by atoms with Gasteiger partial charge in [-0.25, -0.2) is 9.78 Å². The topological polar surface area (TPSA) is 83.5 Å². The van der Waals surface area contributed by atoms with Crippen LogP contribution in [0, 0.1) is 5.41 Å². The van der Waals surface area contributed by atoms with Gasteiger partial charge in [-0.2, -0.15) is 8.78 Å². The quantitative estimate of drug-likeness (QED) is 0.767. The molecule has 1 heterocycles.